The highest BCUT2D eigenvalue weighted by molar-refractivity contribution is 5.66. The second-order valence-corrected chi connectivity index (χ2v) is 4.78. The Kier molecular flexibility index (Phi) is 10.4. The Morgan fingerprint density at radius 2 is 1.83 bits per heavy atom. The molecule has 0 unspecified atom stereocenters. The average Bonchev–Trinajstić information content (AvgIpc) is 2.30. The molecule has 0 aromatic heterocycles. The summed E-state index contributed by atoms with van der Waals surface area (Å²) in [4.78, 5) is 20.1. The van der Waals surface area contributed by atoms with E-state index in [-0.39, 0.29) is 5.97 Å². The topological polar surface area (TPSA) is 63.6 Å². The molecule has 106 valence electrons. The van der Waals surface area contributed by atoms with E-state index in [1.54, 1.807) is 0 Å². The van der Waals surface area contributed by atoms with Crippen LogP contribution in [0.4, 0.5) is 0 Å². The number of ether oxygens (including phenoxy) is 1. The minimum absolute atomic E-state index is 0.147. The van der Waals surface area contributed by atoms with Crippen molar-refractivity contribution < 1.29 is 19.4 Å². The molecule has 0 radical (unpaired) electrons. The standard InChI is InChI=1S/C10H18O2.C4H8O2/c1-9(11)12-8-7-10-5-3-2-4-6-10;1-2-3-4(5)6/h10H,2-8H2,1H3;2-3H2,1H3,(H,5,6). The van der Waals surface area contributed by atoms with E-state index in [1.807, 2.05) is 6.92 Å². The van der Waals surface area contributed by atoms with Crippen molar-refractivity contribution in [1.82, 2.24) is 0 Å². The summed E-state index contributed by atoms with van der Waals surface area (Å²) in [5, 5.41) is 7.91. The first-order valence-electron chi connectivity index (χ1n) is 6.91. The average molecular weight is 258 g/mol. The van der Waals surface area contributed by atoms with Gasteiger partial charge in [-0.1, -0.05) is 39.0 Å². The van der Waals surface area contributed by atoms with Crippen molar-refractivity contribution >= 4 is 11.9 Å². The van der Waals surface area contributed by atoms with E-state index in [2.05, 4.69) is 0 Å². The molecule has 1 N–H and O–H groups in total. The largest absolute Gasteiger partial charge is 0.481 e. The molecule has 1 saturated carbocycles. The van der Waals surface area contributed by atoms with Crippen LogP contribution in [-0.4, -0.2) is 23.7 Å². The van der Waals surface area contributed by atoms with Gasteiger partial charge in [-0.3, -0.25) is 9.59 Å². The van der Waals surface area contributed by atoms with Gasteiger partial charge in [0, 0.05) is 13.3 Å². The molecule has 1 aliphatic rings. The smallest absolute Gasteiger partial charge is 0.303 e. The molecule has 1 rings (SSSR count). The van der Waals surface area contributed by atoms with E-state index >= 15 is 0 Å². The highest BCUT2D eigenvalue weighted by Crippen LogP contribution is 2.25. The number of hydrogen-bond acceptors (Lipinski definition) is 3. The molecule has 0 saturated heterocycles. The quantitative estimate of drug-likeness (QED) is 0.768. The summed E-state index contributed by atoms with van der Waals surface area (Å²) in [7, 11) is 0. The first-order chi connectivity index (χ1) is 8.56. The maximum absolute atomic E-state index is 10.5. The molecule has 0 amide bonds. The van der Waals surface area contributed by atoms with Gasteiger partial charge >= 0.3 is 11.9 Å². The molecule has 1 aliphatic carbocycles. The van der Waals surface area contributed by atoms with Gasteiger partial charge in [0.2, 0.25) is 0 Å². The van der Waals surface area contributed by atoms with Crippen molar-refractivity contribution in [3.8, 4) is 0 Å². The van der Waals surface area contributed by atoms with Crippen molar-refractivity contribution in [2.45, 2.75) is 65.2 Å². The number of carbonyl (C=O) groups excluding carboxylic acids is 1. The van der Waals surface area contributed by atoms with Crippen LogP contribution >= 0.6 is 0 Å². The monoisotopic (exact) mass is 258 g/mol. The molecule has 0 aromatic carbocycles. The maximum atomic E-state index is 10.5. The highest BCUT2D eigenvalue weighted by atomic mass is 16.5. The summed E-state index contributed by atoms with van der Waals surface area (Å²) >= 11 is 0. The Morgan fingerprint density at radius 3 is 2.22 bits per heavy atom. The van der Waals surface area contributed by atoms with Gasteiger partial charge in [0.1, 0.15) is 0 Å². The summed E-state index contributed by atoms with van der Waals surface area (Å²) in [5.41, 5.74) is 0. The van der Waals surface area contributed by atoms with Crippen LogP contribution in [0.5, 0.6) is 0 Å². The lowest BCUT2D eigenvalue weighted by Gasteiger charge is -2.20. The van der Waals surface area contributed by atoms with Gasteiger partial charge in [0.25, 0.3) is 0 Å². The minimum Gasteiger partial charge on any atom is -0.481 e. The van der Waals surface area contributed by atoms with E-state index < -0.39 is 5.97 Å². The zero-order valence-corrected chi connectivity index (χ0v) is 11.6. The molecule has 4 nitrogen and oxygen atoms in total. The van der Waals surface area contributed by atoms with Crippen molar-refractivity contribution in [2.75, 3.05) is 6.61 Å². The summed E-state index contributed by atoms with van der Waals surface area (Å²) in [5.74, 6) is -0.0404. The number of carboxylic acid groups (broad SMARTS) is 1. The van der Waals surface area contributed by atoms with Crippen LogP contribution in [0.3, 0.4) is 0 Å². The highest BCUT2D eigenvalue weighted by Gasteiger charge is 2.12. The first-order valence-corrected chi connectivity index (χ1v) is 6.91. The predicted molar refractivity (Wildman–Crippen MR) is 70.4 cm³/mol. The van der Waals surface area contributed by atoms with Crippen LogP contribution in [-0.2, 0) is 14.3 Å². The van der Waals surface area contributed by atoms with Gasteiger partial charge in [-0.05, 0) is 18.8 Å². The summed E-state index contributed by atoms with van der Waals surface area (Å²) in [6, 6.07) is 0. The fraction of sp³-hybridized carbons (Fsp3) is 0.857. The Labute approximate surface area is 110 Å². The Hall–Kier alpha value is -1.06. The first kappa shape index (κ1) is 16.9. The van der Waals surface area contributed by atoms with Gasteiger partial charge < -0.3 is 9.84 Å². The number of hydrogen-bond donors (Lipinski definition) is 1. The number of rotatable bonds is 5. The molecular weight excluding hydrogens is 232 g/mol. The third kappa shape index (κ3) is 11.4. The zero-order valence-electron chi connectivity index (χ0n) is 11.6. The number of carboxylic acids is 1. The molecular formula is C14H26O4. The lowest BCUT2D eigenvalue weighted by atomic mass is 9.87. The summed E-state index contributed by atoms with van der Waals surface area (Å²) in [6.07, 6.45) is 8.89. The lowest BCUT2D eigenvalue weighted by Crippen LogP contribution is -2.10. The molecule has 0 spiro atoms. The SMILES string of the molecule is CC(=O)OCCC1CCCCC1.CCCC(=O)O. The molecule has 0 aliphatic heterocycles. The van der Waals surface area contributed by atoms with Crippen LogP contribution < -0.4 is 0 Å². The molecule has 0 aromatic rings. The Bertz CT molecular complexity index is 232. The van der Waals surface area contributed by atoms with Crippen molar-refractivity contribution in [3.05, 3.63) is 0 Å². The third-order valence-electron chi connectivity index (χ3n) is 3.02. The summed E-state index contributed by atoms with van der Waals surface area (Å²) in [6.45, 7) is 3.94. The van der Waals surface area contributed by atoms with Gasteiger partial charge in [-0.25, -0.2) is 0 Å². The zero-order chi connectivity index (χ0) is 13.8. The van der Waals surface area contributed by atoms with E-state index in [9.17, 15) is 9.59 Å². The van der Waals surface area contributed by atoms with E-state index in [4.69, 9.17) is 9.84 Å². The normalized spacial score (nSPS) is 15.4. The number of esters is 1. The molecule has 1 fully saturated rings. The molecule has 18 heavy (non-hydrogen) atoms. The van der Waals surface area contributed by atoms with Crippen LogP contribution in [0.2, 0.25) is 0 Å². The van der Waals surface area contributed by atoms with Gasteiger partial charge in [0.05, 0.1) is 6.61 Å². The van der Waals surface area contributed by atoms with Crippen LogP contribution in [0.25, 0.3) is 0 Å². The molecule has 0 atom stereocenters. The Balaban J connectivity index is 0.000000411. The van der Waals surface area contributed by atoms with E-state index in [0.717, 1.165) is 18.8 Å². The summed E-state index contributed by atoms with van der Waals surface area (Å²) < 4.78 is 4.91. The van der Waals surface area contributed by atoms with Crippen LogP contribution in [0.15, 0.2) is 0 Å². The van der Waals surface area contributed by atoms with Gasteiger partial charge in [-0.15, -0.1) is 0 Å². The minimum atomic E-state index is -0.711. The van der Waals surface area contributed by atoms with Gasteiger partial charge in [0.15, 0.2) is 0 Å². The second kappa shape index (κ2) is 11.1. The number of carbonyl (C=O) groups is 2. The molecule has 0 bridgehead atoms. The van der Waals surface area contributed by atoms with Crippen molar-refractivity contribution in [3.63, 3.8) is 0 Å². The van der Waals surface area contributed by atoms with Crippen molar-refractivity contribution in [1.29, 1.82) is 0 Å². The van der Waals surface area contributed by atoms with E-state index in [1.165, 1.54) is 39.0 Å². The predicted octanol–water partition coefficient (Wildman–Crippen LogP) is 3.39. The number of aliphatic carboxylic acids is 1. The fourth-order valence-corrected chi connectivity index (χ4v) is 2.06. The second-order valence-electron chi connectivity index (χ2n) is 4.78. The van der Waals surface area contributed by atoms with Gasteiger partial charge in [-0.2, -0.15) is 0 Å². The van der Waals surface area contributed by atoms with E-state index in [0.29, 0.717) is 13.0 Å². The molecule has 4 heteroatoms. The van der Waals surface area contributed by atoms with Crippen molar-refractivity contribution in [2.24, 2.45) is 5.92 Å². The maximum Gasteiger partial charge on any atom is 0.303 e. The van der Waals surface area contributed by atoms with Crippen LogP contribution in [0, 0.1) is 5.92 Å². The fourth-order valence-electron chi connectivity index (χ4n) is 2.06. The Morgan fingerprint density at radius 1 is 1.22 bits per heavy atom. The third-order valence-corrected chi connectivity index (χ3v) is 3.02. The lowest BCUT2D eigenvalue weighted by molar-refractivity contribution is -0.141. The van der Waals surface area contributed by atoms with Crippen LogP contribution in [0.1, 0.15) is 65.2 Å². The molecule has 0 heterocycles.